The van der Waals surface area contributed by atoms with Gasteiger partial charge in [0.25, 0.3) is 0 Å². The minimum absolute atomic E-state index is 0.0793. The molecule has 0 radical (unpaired) electrons. The Morgan fingerprint density at radius 2 is 1.35 bits per heavy atom. The fourth-order valence-corrected chi connectivity index (χ4v) is 4.55. The molecule has 3 saturated carbocycles. The van der Waals surface area contributed by atoms with E-state index in [9.17, 15) is 9.59 Å². The van der Waals surface area contributed by atoms with Crippen molar-refractivity contribution in [3.63, 3.8) is 0 Å². The third-order valence-corrected chi connectivity index (χ3v) is 5.41. The van der Waals surface area contributed by atoms with Gasteiger partial charge in [0.2, 0.25) is 0 Å². The summed E-state index contributed by atoms with van der Waals surface area (Å²) in [6, 6.07) is 0. The fraction of sp³-hybridized carbons (Fsp3) is 0.867. The Kier molecular flexibility index (Phi) is 2.84. The van der Waals surface area contributed by atoms with Gasteiger partial charge >= 0.3 is 0 Å². The summed E-state index contributed by atoms with van der Waals surface area (Å²) in [6.07, 6.45) is 7.50. The van der Waals surface area contributed by atoms with Crippen molar-refractivity contribution in [3.05, 3.63) is 0 Å². The van der Waals surface area contributed by atoms with Crippen LogP contribution in [0.5, 0.6) is 0 Å². The Labute approximate surface area is 103 Å². The second-order valence-electron chi connectivity index (χ2n) is 6.34. The van der Waals surface area contributed by atoms with Crippen LogP contribution in [0.15, 0.2) is 0 Å². The summed E-state index contributed by atoms with van der Waals surface area (Å²) in [5, 5.41) is 0. The summed E-state index contributed by atoms with van der Waals surface area (Å²) in [5.41, 5.74) is 0. The van der Waals surface area contributed by atoms with Gasteiger partial charge in [0.05, 0.1) is 0 Å². The van der Waals surface area contributed by atoms with E-state index in [1.54, 1.807) is 0 Å². The maximum Gasteiger partial charge on any atom is 0.140 e. The van der Waals surface area contributed by atoms with Crippen molar-refractivity contribution < 1.29 is 9.59 Å². The molecule has 94 valence electrons. The van der Waals surface area contributed by atoms with Gasteiger partial charge in [0.1, 0.15) is 11.6 Å². The molecular formula is C15H22O2. The second kappa shape index (κ2) is 4.22. The zero-order valence-electron chi connectivity index (χ0n) is 10.7. The van der Waals surface area contributed by atoms with Crippen LogP contribution in [-0.2, 0) is 9.59 Å². The fourth-order valence-electron chi connectivity index (χ4n) is 4.55. The van der Waals surface area contributed by atoms with Gasteiger partial charge in [-0.25, -0.2) is 0 Å². The maximum atomic E-state index is 12.6. The number of hydrogen-bond donors (Lipinski definition) is 0. The summed E-state index contributed by atoms with van der Waals surface area (Å²) >= 11 is 0. The number of carbonyl (C=O) groups excluding carboxylic acids is 2. The number of hydrogen-bond acceptors (Lipinski definition) is 2. The number of rotatable bonds is 0. The molecule has 0 aromatic heterocycles. The van der Waals surface area contributed by atoms with Crippen LogP contribution in [0, 0.1) is 29.6 Å². The van der Waals surface area contributed by atoms with Crippen LogP contribution in [-0.4, -0.2) is 11.6 Å². The Balaban J connectivity index is 1.92. The molecule has 0 aromatic carbocycles. The first-order chi connectivity index (χ1) is 8.20. The molecule has 0 amide bonds. The van der Waals surface area contributed by atoms with Crippen molar-refractivity contribution in [2.75, 3.05) is 0 Å². The van der Waals surface area contributed by atoms with E-state index in [1.807, 2.05) is 0 Å². The third-order valence-electron chi connectivity index (χ3n) is 5.41. The molecule has 5 unspecified atom stereocenters. The lowest BCUT2D eigenvalue weighted by Crippen LogP contribution is -2.51. The van der Waals surface area contributed by atoms with Gasteiger partial charge in [-0.3, -0.25) is 9.59 Å². The van der Waals surface area contributed by atoms with E-state index in [1.165, 1.54) is 0 Å². The summed E-state index contributed by atoms with van der Waals surface area (Å²) < 4.78 is 0. The van der Waals surface area contributed by atoms with Crippen molar-refractivity contribution in [2.24, 2.45) is 29.6 Å². The molecule has 0 bridgehead atoms. The molecule has 3 rings (SSSR count). The molecule has 3 aliphatic rings. The van der Waals surface area contributed by atoms with Gasteiger partial charge in [-0.05, 0) is 31.6 Å². The Bertz CT molecular complexity index is 347. The van der Waals surface area contributed by atoms with Gasteiger partial charge in [-0.15, -0.1) is 0 Å². The van der Waals surface area contributed by atoms with Crippen molar-refractivity contribution in [2.45, 2.75) is 51.9 Å². The van der Waals surface area contributed by atoms with Crippen LogP contribution < -0.4 is 0 Å². The van der Waals surface area contributed by atoms with Gasteiger partial charge < -0.3 is 0 Å². The monoisotopic (exact) mass is 234 g/mol. The largest absolute Gasteiger partial charge is 0.299 e. The van der Waals surface area contributed by atoms with Crippen molar-refractivity contribution in [1.29, 1.82) is 0 Å². The van der Waals surface area contributed by atoms with E-state index >= 15 is 0 Å². The average Bonchev–Trinajstić information content (AvgIpc) is 2.36. The van der Waals surface area contributed by atoms with Crippen molar-refractivity contribution in [1.82, 2.24) is 0 Å². The van der Waals surface area contributed by atoms with Crippen molar-refractivity contribution in [3.8, 4) is 0 Å². The highest BCUT2D eigenvalue weighted by atomic mass is 16.1. The predicted molar refractivity (Wildman–Crippen MR) is 65.5 cm³/mol. The number of carbonyl (C=O) groups is 2. The van der Waals surface area contributed by atoms with Gasteiger partial charge in [0.15, 0.2) is 0 Å². The smallest absolute Gasteiger partial charge is 0.140 e. The molecule has 0 spiro atoms. The van der Waals surface area contributed by atoms with Crippen LogP contribution >= 0.6 is 0 Å². The van der Waals surface area contributed by atoms with Crippen molar-refractivity contribution >= 4 is 11.6 Å². The first kappa shape index (κ1) is 11.4. The standard InChI is InChI=1S/C15H22O2/c1-9-5-4-8-12-13(9)15(17)11-7-3-2-6-10(11)14(12)16/h9-13H,2-8H2,1H3. The lowest BCUT2D eigenvalue weighted by molar-refractivity contribution is -0.153. The molecule has 0 N–H and O–H groups in total. The highest BCUT2D eigenvalue weighted by Crippen LogP contribution is 2.47. The van der Waals surface area contributed by atoms with Crippen LogP contribution in [0.25, 0.3) is 0 Å². The molecule has 0 aromatic rings. The summed E-state index contributed by atoms with van der Waals surface area (Å²) in [6.45, 7) is 2.17. The minimum atomic E-state index is 0.0793. The van der Waals surface area contributed by atoms with E-state index < -0.39 is 0 Å². The average molecular weight is 234 g/mol. The highest BCUT2D eigenvalue weighted by Gasteiger charge is 2.51. The molecule has 3 aliphatic carbocycles. The molecule has 2 heteroatoms. The molecular weight excluding hydrogens is 212 g/mol. The Hall–Kier alpha value is -0.660. The summed E-state index contributed by atoms with van der Waals surface area (Å²) in [4.78, 5) is 25.1. The summed E-state index contributed by atoms with van der Waals surface area (Å²) in [7, 11) is 0. The van der Waals surface area contributed by atoms with Gasteiger partial charge in [-0.2, -0.15) is 0 Å². The molecule has 0 saturated heterocycles. The highest BCUT2D eigenvalue weighted by molar-refractivity contribution is 5.99. The van der Waals surface area contributed by atoms with E-state index in [0.717, 1.165) is 44.9 Å². The molecule has 2 nitrogen and oxygen atoms in total. The topological polar surface area (TPSA) is 34.1 Å². The lowest BCUT2D eigenvalue weighted by Gasteiger charge is -2.45. The number of fused-ring (bicyclic) bond motifs is 2. The maximum absolute atomic E-state index is 12.6. The molecule has 0 aliphatic heterocycles. The van der Waals surface area contributed by atoms with E-state index in [-0.39, 0.29) is 23.7 Å². The lowest BCUT2D eigenvalue weighted by atomic mass is 9.56. The normalized spacial score (nSPS) is 46.3. The zero-order valence-corrected chi connectivity index (χ0v) is 10.7. The first-order valence-electron chi connectivity index (χ1n) is 7.27. The van der Waals surface area contributed by atoms with Gasteiger partial charge in [0, 0.05) is 23.7 Å². The first-order valence-corrected chi connectivity index (χ1v) is 7.27. The third kappa shape index (κ3) is 1.68. The van der Waals surface area contributed by atoms with Crippen LogP contribution in [0.1, 0.15) is 51.9 Å². The molecule has 5 atom stereocenters. The SMILES string of the molecule is CC1CCCC2C(=O)C3CCCCC3C(=O)C12. The summed E-state index contributed by atoms with van der Waals surface area (Å²) in [5.74, 6) is 1.70. The van der Waals surface area contributed by atoms with Crippen LogP contribution in [0.2, 0.25) is 0 Å². The predicted octanol–water partition coefficient (Wildman–Crippen LogP) is 3.00. The number of ketones is 2. The van der Waals surface area contributed by atoms with E-state index in [4.69, 9.17) is 0 Å². The Morgan fingerprint density at radius 3 is 2.06 bits per heavy atom. The molecule has 17 heavy (non-hydrogen) atoms. The second-order valence-corrected chi connectivity index (χ2v) is 6.34. The zero-order chi connectivity index (χ0) is 12.0. The minimum Gasteiger partial charge on any atom is -0.299 e. The Morgan fingerprint density at radius 1 is 0.765 bits per heavy atom. The van der Waals surface area contributed by atoms with E-state index in [2.05, 4.69) is 6.92 Å². The number of Topliss-reactive ketones (excluding diaryl/α,β-unsaturated/α-hetero) is 2. The molecule has 0 heterocycles. The quantitative estimate of drug-likeness (QED) is 0.645. The van der Waals surface area contributed by atoms with Gasteiger partial charge in [-0.1, -0.05) is 26.2 Å². The van der Waals surface area contributed by atoms with Crippen LogP contribution in [0.4, 0.5) is 0 Å². The van der Waals surface area contributed by atoms with Crippen LogP contribution in [0.3, 0.4) is 0 Å². The molecule has 3 fully saturated rings. The van der Waals surface area contributed by atoms with E-state index in [0.29, 0.717) is 17.5 Å².